The van der Waals surface area contributed by atoms with Crippen LogP contribution in [0.25, 0.3) is 0 Å². The zero-order chi connectivity index (χ0) is 15.5. The van der Waals surface area contributed by atoms with E-state index in [0.29, 0.717) is 0 Å². The number of halogens is 1. The number of rotatable bonds is 5. The van der Waals surface area contributed by atoms with E-state index in [1.807, 2.05) is 0 Å². The molecule has 6 nitrogen and oxygen atoms in total. The molecule has 0 unspecified atom stereocenters. The number of nitrogen functional groups attached to an aromatic ring is 1. The molecule has 1 aromatic heterocycles. The van der Waals surface area contributed by atoms with Gasteiger partial charge in [0.05, 0.1) is 5.69 Å². The summed E-state index contributed by atoms with van der Waals surface area (Å²) in [5.41, 5.74) is 2.21. The molecule has 0 fully saturated rings. The van der Waals surface area contributed by atoms with Crippen LogP contribution in [0.1, 0.15) is 6.92 Å². The monoisotopic (exact) mass is 310 g/mol. The number of hydrogen-bond donors (Lipinski definition) is 2. The van der Waals surface area contributed by atoms with E-state index in [-0.39, 0.29) is 22.9 Å². The van der Waals surface area contributed by atoms with Crippen molar-refractivity contribution in [2.45, 2.75) is 11.8 Å². The highest BCUT2D eigenvalue weighted by molar-refractivity contribution is 7.93. The normalized spacial score (nSPS) is 11.2. The zero-order valence-electron chi connectivity index (χ0n) is 11.3. The van der Waals surface area contributed by atoms with Crippen LogP contribution < -0.4 is 15.6 Å². The molecule has 0 spiro atoms. The molecular formula is C13H15FN4O2S. The fourth-order valence-electron chi connectivity index (χ4n) is 1.95. The Bertz CT molecular complexity index is 736. The molecule has 0 radical (unpaired) electrons. The number of benzene rings is 1. The molecule has 0 amide bonds. The number of aromatic nitrogens is 1. The quantitative estimate of drug-likeness (QED) is 0.648. The van der Waals surface area contributed by atoms with Gasteiger partial charge in [0.15, 0.2) is 5.82 Å². The summed E-state index contributed by atoms with van der Waals surface area (Å²) in [7, 11) is -3.98. The summed E-state index contributed by atoms with van der Waals surface area (Å²) in [6.45, 7) is 1.69. The number of nitrogens with zero attached hydrogens (tertiary/aromatic N) is 2. The summed E-state index contributed by atoms with van der Waals surface area (Å²) in [6.07, 6.45) is 1.41. The highest BCUT2D eigenvalue weighted by atomic mass is 32.2. The van der Waals surface area contributed by atoms with Crippen LogP contribution in [0.3, 0.4) is 0 Å². The lowest BCUT2D eigenvalue weighted by Crippen LogP contribution is -2.32. The van der Waals surface area contributed by atoms with Crippen molar-refractivity contribution in [1.29, 1.82) is 0 Å². The first kappa shape index (κ1) is 15.2. The van der Waals surface area contributed by atoms with E-state index in [1.165, 1.54) is 36.5 Å². The summed E-state index contributed by atoms with van der Waals surface area (Å²) in [6, 6.07) is 8.52. The topological polar surface area (TPSA) is 88.3 Å². The molecule has 1 aromatic carbocycles. The van der Waals surface area contributed by atoms with E-state index >= 15 is 0 Å². The Morgan fingerprint density at radius 3 is 2.62 bits per heavy atom. The van der Waals surface area contributed by atoms with Crippen molar-refractivity contribution < 1.29 is 12.8 Å². The fourth-order valence-corrected chi connectivity index (χ4v) is 3.54. The van der Waals surface area contributed by atoms with E-state index in [2.05, 4.69) is 10.4 Å². The lowest BCUT2D eigenvalue weighted by atomic mass is 10.3. The Morgan fingerprint density at radius 1 is 1.29 bits per heavy atom. The van der Waals surface area contributed by atoms with Gasteiger partial charge in [-0.05, 0) is 31.2 Å². The van der Waals surface area contributed by atoms with E-state index in [4.69, 9.17) is 5.84 Å². The lowest BCUT2D eigenvalue weighted by molar-refractivity contribution is 0.586. The number of pyridine rings is 1. The smallest absolute Gasteiger partial charge is 0.268 e. The van der Waals surface area contributed by atoms with Crippen molar-refractivity contribution in [3.8, 4) is 0 Å². The second kappa shape index (κ2) is 6.06. The van der Waals surface area contributed by atoms with Crippen LogP contribution in [0.5, 0.6) is 0 Å². The number of sulfonamides is 1. The van der Waals surface area contributed by atoms with Gasteiger partial charge in [-0.2, -0.15) is 0 Å². The van der Waals surface area contributed by atoms with Gasteiger partial charge in [0.1, 0.15) is 10.7 Å². The Labute approximate surface area is 122 Å². The van der Waals surface area contributed by atoms with Crippen LogP contribution >= 0.6 is 0 Å². The fraction of sp³-hybridized carbons (Fsp3) is 0.154. The molecular weight excluding hydrogens is 295 g/mol. The SMILES string of the molecule is CCN(c1ccccc1F)S(=O)(=O)c1cccnc1NN. The van der Waals surface area contributed by atoms with Crippen molar-refractivity contribution >= 4 is 21.5 Å². The van der Waals surface area contributed by atoms with Crippen LogP contribution in [0.4, 0.5) is 15.9 Å². The van der Waals surface area contributed by atoms with Gasteiger partial charge in [-0.15, -0.1) is 0 Å². The largest absolute Gasteiger partial charge is 0.307 e. The third-order valence-electron chi connectivity index (χ3n) is 2.88. The molecule has 3 N–H and O–H groups in total. The number of anilines is 2. The maximum atomic E-state index is 13.9. The lowest BCUT2D eigenvalue weighted by Gasteiger charge is -2.24. The predicted molar refractivity (Wildman–Crippen MR) is 78.7 cm³/mol. The van der Waals surface area contributed by atoms with Crippen LogP contribution in [-0.2, 0) is 10.0 Å². The van der Waals surface area contributed by atoms with Crippen molar-refractivity contribution in [3.05, 3.63) is 48.4 Å². The maximum Gasteiger partial charge on any atom is 0.268 e. The van der Waals surface area contributed by atoms with Gasteiger partial charge in [0.25, 0.3) is 10.0 Å². The number of nitrogens with two attached hydrogens (primary N) is 1. The van der Waals surface area contributed by atoms with Gasteiger partial charge in [0.2, 0.25) is 0 Å². The number of hydrogen-bond acceptors (Lipinski definition) is 5. The number of para-hydroxylation sites is 1. The molecule has 2 aromatic rings. The first-order chi connectivity index (χ1) is 10.0. The van der Waals surface area contributed by atoms with Crippen LogP contribution in [0.15, 0.2) is 47.5 Å². The number of nitrogens with one attached hydrogen (secondary N) is 1. The zero-order valence-corrected chi connectivity index (χ0v) is 12.1. The summed E-state index contributed by atoms with van der Waals surface area (Å²) in [5.74, 6) is 4.68. The summed E-state index contributed by atoms with van der Waals surface area (Å²) < 4.78 is 40.3. The molecule has 0 aliphatic carbocycles. The average molecular weight is 310 g/mol. The van der Waals surface area contributed by atoms with Gasteiger partial charge >= 0.3 is 0 Å². The second-order valence-corrected chi connectivity index (χ2v) is 5.95. The predicted octanol–water partition coefficient (Wildman–Crippen LogP) is 1.72. The molecule has 0 aliphatic rings. The third-order valence-corrected chi connectivity index (χ3v) is 4.80. The minimum absolute atomic E-state index is 0.00675. The highest BCUT2D eigenvalue weighted by Crippen LogP contribution is 2.28. The first-order valence-corrected chi connectivity index (χ1v) is 7.65. The average Bonchev–Trinajstić information content (AvgIpc) is 2.49. The number of hydrazine groups is 1. The molecule has 0 atom stereocenters. The second-order valence-electron chi connectivity index (χ2n) is 4.12. The van der Waals surface area contributed by atoms with Crippen molar-refractivity contribution in [2.75, 3.05) is 16.3 Å². The Hall–Kier alpha value is -2.19. The molecule has 8 heteroatoms. The Morgan fingerprint density at radius 2 is 2.00 bits per heavy atom. The van der Waals surface area contributed by atoms with Gasteiger partial charge < -0.3 is 5.43 Å². The van der Waals surface area contributed by atoms with E-state index < -0.39 is 15.8 Å². The molecule has 0 bridgehead atoms. The Balaban J connectivity index is 2.58. The first-order valence-electron chi connectivity index (χ1n) is 6.21. The summed E-state index contributed by atoms with van der Waals surface area (Å²) in [5, 5.41) is 0. The standard InChI is InChI=1S/C13H15FN4O2S/c1-2-18(11-7-4-3-6-10(11)14)21(19,20)12-8-5-9-16-13(12)17-15/h3-9H,2,15H2,1H3,(H,16,17). The summed E-state index contributed by atoms with van der Waals surface area (Å²) in [4.78, 5) is 3.75. The molecule has 0 saturated carbocycles. The van der Waals surface area contributed by atoms with Crippen LogP contribution in [-0.4, -0.2) is 19.9 Å². The van der Waals surface area contributed by atoms with Crippen molar-refractivity contribution in [1.82, 2.24) is 4.98 Å². The molecule has 0 aliphatic heterocycles. The van der Waals surface area contributed by atoms with Crippen molar-refractivity contribution in [3.63, 3.8) is 0 Å². The minimum Gasteiger partial charge on any atom is -0.307 e. The van der Waals surface area contributed by atoms with Crippen molar-refractivity contribution in [2.24, 2.45) is 5.84 Å². The van der Waals surface area contributed by atoms with Gasteiger partial charge in [-0.3, -0.25) is 4.31 Å². The van der Waals surface area contributed by atoms with Gasteiger partial charge in [0, 0.05) is 12.7 Å². The third kappa shape index (κ3) is 2.81. The van der Waals surface area contributed by atoms with Gasteiger partial charge in [-0.1, -0.05) is 12.1 Å². The molecule has 2 rings (SSSR count). The minimum atomic E-state index is -3.98. The maximum absolute atomic E-state index is 13.9. The molecule has 0 saturated heterocycles. The molecule has 1 heterocycles. The van der Waals surface area contributed by atoms with Crippen LogP contribution in [0, 0.1) is 5.82 Å². The van der Waals surface area contributed by atoms with Gasteiger partial charge in [-0.25, -0.2) is 23.6 Å². The van der Waals surface area contributed by atoms with E-state index in [9.17, 15) is 12.8 Å². The van der Waals surface area contributed by atoms with Crippen LogP contribution in [0.2, 0.25) is 0 Å². The van der Waals surface area contributed by atoms with E-state index in [0.717, 1.165) is 4.31 Å². The summed E-state index contributed by atoms with van der Waals surface area (Å²) >= 11 is 0. The molecule has 112 valence electrons. The molecule has 21 heavy (non-hydrogen) atoms. The van der Waals surface area contributed by atoms with E-state index in [1.54, 1.807) is 13.0 Å². The highest BCUT2D eigenvalue weighted by Gasteiger charge is 2.28. The Kier molecular flexibility index (Phi) is 4.39.